The van der Waals surface area contributed by atoms with Gasteiger partial charge in [-0.05, 0) is 19.1 Å². The first-order valence-corrected chi connectivity index (χ1v) is 5.19. The molecule has 0 unspecified atom stereocenters. The van der Waals surface area contributed by atoms with Crippen molar-refractivity contribution in [2.75, 3.05) is 31.2 Å². The fraction of sp³-hybridized carbons (Fsp3) is 0.545. The van der Waals surface area contributed by atoms with Crippen LogP contribution in [0, 0.1) is 6.92 Å². The van der Waals surface area contributed by atoms with Gasteiger partial charge in [-0.25, -0.2) is 0 Å². The second kappa shape index (κ2) is 4.59. The Bertz CT molecular complexity index is 313. The highest BCUT2D eigenvalue weighted by Crippen LogP contribution is 2.16. The number of morpholine rings is 1. The lowest BCUT2D eigenvalue weighted by molar-refractivity contribution is 0.00355. The summed E-state index contributed by atoms with van der Waals surface area (Å²) in [7, 11) is 0. The fourth-order valence-corrected chi connectivity index (χ4v) is 1.71. The molecule has 0 amide bonds. The molecule has 4 heteroatoms. The second-order valence-corrected chi connectivity index (χ2v) is 3.78. The first-order chi connectivity index (χ1) is 7.29. The average Bonchev–Trinajstić information content (AvgIpc) is 2.30. The molecule has 2 heterocycles. The number of hydrogen-bond donors (Lipinski definition) is 1. The van der Waals surface area contributed by atoms with E-state index in [1.54, 1.807) is 0 Å². The third-order valence-electron chi connectivity index (χ3n) is 2.60. The van der Waals surface area contributed by atoms with Crippen LogP contribution in [0.1, 0.15) is 5.69 Å². The molecule has 1 saturated heterocycles. The first kappa shape index (κ1) is 10.4. The zero-order chi connectivity index (χ0) is 10.7. The molecule has 1 N–H and O–H groups in total. The molecule has 0 aromatic carbocycles. The van der Waals surface area contributed by atoms with Crippen LogP contribution in [-0.2, 0) is 4.74 Å². The van der Waals surface area contributed by atoms with Gasteiger partial charge in [-0.2, -0.15) is 0 Å². The van der Waals surface area contributed by atoms with E-state index >= 15 is 0 Å². The monoisotopic (exact) mass is 208 g/mol. The number of rotatable bonds is 2. The number of pyridine rings is 1. The minimum atomic E-state index is -0.0694. The molecular weight excluding hydrogens is 192 g/mol. The maximum absolute atomic E-state index is 9.03. The van der Waals surface area contributed by atoms with Gasteiger partial charge in [-0.3, -0.25) is 4.98 Å². The summed E-state index contributed by atoms with van der Waals surface area (Å²) in [4.78, 5) is 6.45. The Morgan fingerprint density at radius 1 is 1.60 bits per heavy atom. The van der Waals surface area contributed by atoms with Gasteiger partial charge in [0.2, 0.25) is 0 Å². The van der Waals surface area contributed by atoms with E-state index in [9.17, 15) is 0 Å². The van der Waals surface area contributed by atoms with Crippen LogP contribution < -0.4 is 4.90 Å². The van der Waals surface area contributed by atoms with Gasteiger partial charge >= 0.3 is 0 Å². The molecule has 1 aromatic heterocycles. The summed E-state index contributed by atoms with van der Waals surface area (Å²) >= 11 is 0. The van der Waals surface area contributed by atoms with Crippen LogP contribution in [0.4, 0.5) is 5.69 Å². The first-order valence-electron chi connectivity index (χ1n) is 5.19. The highest BCUT2D eigenvalue weighted by Gasteiger charge is 2.19. The molecule has 15 heavy (non-hydrogen) atoms. The van der Waals surface area contributed by atoms with Gasteiger partial charge in [0, 0.05) is 18.8 Å². The lowest BCUT2D eigenvalue weighted by atomic mass is 10.2. The summed E-state index contributed by atoms with van der Waals surface area (Å²) in [5.74, 6) is 0. The fourth-order valence-electron chi connectivity index (χ4n) is 1.71. The van der Waals surface area contributed by atoms with Crippen molar-refractivity contribution < 1.29 is 9.84 Å². The van der Waals surface area contributed by atoms with E-state index in [0.29, 0.717) is 6.61 Å². The van der Waals surface area contributed by atoms with E-state index in [4.69, 9.17) is 9.84 Å². The maximum Gasteiger partial charge on any atom is 0.0980 e. The Balaban J connectivity index is 2.06. The Morgan fingerprint density at radius 3 is 3.13 bits per heavy atom. The zero-order valence-corrected chi connectivity index (χ0v) is 8.89. The van der Waals surface area contributed by atoms with Crippen LogP contribution in [-0.4, -0.2) is 42.5 Å². The van der Waals surface area contributed by atoms with Crippen LogP contribution >= 0.6 is 0 Å². The molecule has 0 bridgehead atoms. The Hall–Kier alpha value is -1.13. The smallest absolute Gasteiger partial charge is 0.0980 e. The summed E-state index contributed by atoms with van der Waals surface area (Å²) in [6.07, 6.45) is 1.80. The Morgan fingerprint density at radius 2 is 2.47 bits per heavy atom. The molecule has 1 aromatic rings. The van der Waals surface area contributed by atoms with Gasteiger partial charge in [0.25, 0.3) is 0 Å². The summed E-state index contributed by atoms with van der Waals surface area (Å²) in [5, 5.41) is 9.03. The van der Waals surface area contributed by atoms with Crippen molar-refractivity contribution in [3.05, 3.63) is 24.0 Å². The molecule has 82 valence electrons. The number of anilines is 1. The lowest BCUT2D eigenvalue weighted by Crippen LogP contribution is -2.44. The topological polar surface area (TPSA) is 45.6 Å². The van der Waals surface area contributed by atoms with E-state index in [1.807, 2.05) is 19.2 Å². The van der Waals surface area contributed by atoms with Crippen molar-refractivity contribution in [1.29, 1.82) is 0 Å². The maximum atomic E-state index is 9.03. The number of ether oxygens (including phenoxy) is 1. The molecule has 4 nitrogen and oxygen atoms in total. The number of aryl methyl sites for hydroxylation is 1. The quantitative estimate of drug-likeness (QED) is 0.772. The van der Waals surface area contributed by atoms with Crippen LogP contribution in [0.25, 0.3) is 0 Å². The Kier molecular flexibility index (Phi) is 3.18. The minimum Gasteiger partial charge on any atom is -0.394 e. The van der Waals surface area contributed by atoms with Gasteiger partial charge < -0.3 is 14.7 Å². The lowest BCUT2D eigenvalue weighted by Gasteiger charge is -2.33. The SMILES string of the molecule is Cc1ccc(N2CCO[C@@H](CO)C2)cn1. The van der Waals surface area contributed by atoms with Crippen LogP contribution in [0.5, 0.6) is 0 Å². The number of hydrogen-bond acceptors (Lipinski definition) is 4. The van der Waals surface area contributed by atoms with E-state index in [1.165, 1.54) is 0 Å². The van der Waals surface area contributed by atoms with Crippen molar-refractivity contribution >= 4 is 5.69 Å². The zero-order valence-electron chi connectivity index (χ0n) is 8.89. The van der Waals surface area contributed by atoms with Crippen molar-refractivity contribution in [2.45, 2.75) is 13.0 Å². The largest absolute Gasteiger partial charge is 0.394 e. The third kappa shape index (κ3) is 2.46. The van der Waals surface area contributed by atoms with E-state index in [2.05, 4.69) is 16.0 Å². The molecule has 0 spiro atoms. The van der Waals surface area contributed by atoms with Crippen molar-refractivity contribution in [2.24, 2.45) is 0 Å². The van der Waals surface area contributed by atoms with E-state index < -0.39 is 0 Å². The predicted molar refractivity (Wildman–Crippen MR) is 58.0 cm³/mol. The normalized spacial score (nSPS) is 21.7. The number of aromatic nitrogens is 1. The molecule has 1 aliphatic heterocycles. The van der Waals surface area contributed by atoms with Crippen molar-refractivity contribution in [1.82, 2.24) is 4.98 Å². The summed E-state index contributed by atoms with van der Waals surface area (Å²) < 4.78 is 5.39. The van der Waals surface area contributed by atoms with Gasteiger partial charge in [-0.1, -0.05) is 0 Å². The van der Waals surface area contributed by atoms with Crippen molar-refractivity contribution in [3.8, 4) is 0 Å². The molecule has 0 saturated carbocycles. The van der Waals surface area contributed by atoms with Crippen LogP contribution in [0.15, 0.2) is 18.3 Å². The standard InChI is InChI=1S/C11H16N2O2/c1-9-2-3-10(6-12-9)13-4-5-15-11(7-13)8-14/h2-3,6,11,14H,4-5,7-8H2,1H3/t11-/m1/s1. The summed E-state index contributed by atoms with van der Waals surface area (Å²) in [6, 6.07) is 4.06. The molecular formula is C11H16N2O2. The second-order valence-electron chi connectivity index (χ2n) is 3.78. The molecule has 1 aliphatic rings. The van der Waals surface area contributed by atoms with Crippen LogP contribution in [0.3, 0.4) is 0 Å². The van der Waals surface area contributed by atoms with E-state index in [-0.39, 0.29) is 12.7 Å². The molecule has 0 radical (unpaired) electrons. The number of nitrogens with zero attached hydrogens (tertiary/aromatic N) is 2. The molecule has 2 rings (SSSR count). The third-order valence-corrected chi connectivity index (χ3v) is 2.60. The van der Waals surface area contributed by atoms with Gasteiger partial charge in [0.05, 0.1) is 31.2 Å². The van der Waals surface area contributed by atoms with Crippen molar-refractivity contribution in [3.63, 3.8) is 0 Å². The number of aliphatic hydroxyl groups is 1. The summed E-state index contributed by atoms with van der Waals surface area (Å²) in [5.41, 5.74) is 2.12. The Labute approximate surface area is 89.5 Å². The van der Waals surface area contributed by atoms with Crippen LogP contribution in [0.2, 0.25) is 0 Å². The summed E-state index contributed by atoms with van der Waals surface area (Å²) in [6.45, 7) is 4.32. The number of aliphatic hydroxyl groups excluding tert-OH is 1. The highest BCUT2D eigenvalue weighted by molar-refractivity contribution is 5.44. The predicted octanol–water partition coefficient (Wildman–Crippen LogP) is 0.588. The van der Waals surface area contributed by atoms with Gasteiger partial charge in [0.15, 0.2) is 0 Å². The minimum absolute atomic E-state index is 0.0694. The van der Waals surface area contributed by atoms with E-state index in [0.717, 1.165) is 24.5 Å². The molecule has 0 aliphatic carbocycles. The van der Waals surface area contributed by atoms with Gasteiger partial charge in [-0.15, -0.1) is 0 Å². The molecule has 1 atom stereocenters. The van der Waals surface area contributed by atoms with Gasteiger partial charge in [0.1, 0.15) is 0 Å². The highest BCUT2D eigenvalue weighted by atomic mass is 16.5. The molecule has 1 fully saturated rings. The average molecular weight is 208 g/mol.